The summed E-state index contributed by atoms with van der Waals surface area (Å²) in [5.74, 6) is -0.897. The zero-order valence-electron chi connectivity index (χ0n) is 13.8. The maximum atomic E-state index is 12.1. The quantitative estimate of drug-likeness (QED) is 0.484. The van der Waals surface area contributed by atoms with Crippen LogP contribution in [-0.2, 0) is 11.2 Å². The van der Waals surface area contributed by atoms with Crippen molar-refractivity contribution in [1.29, 1.82) is 0 Å². The summed E-state index contributed by atoms with van der Waals surface area (Å²) in [5.41, 5.74) is 3.65. The van der Waals surface area contributed by atoms with Gasteiger partial charge in [-0.3, -0.25) is 19.7 Å². The second-order valence-corrected chi connectivity index (χ2v) is 6.16. The Hall–Kier alpha value is -2.73. The summed E-state index contributed by atoms with van der Waals surface area (Å²) in [6.07, 6.45) is 0.209. The molecule has 0 bridgehead atoms. The summed E-state index contributed by atoms with van der Waals surface area (Å²) in [4.78, 5) is 33.5. The van der Waals surface area contributed by atoms with Crippen LogP contribution in [0.25, 0.3) is 0 Å². The molecule has 6 nitrogen and oxygen atoms in total. The van der Waals surface area contributed by atoms with E-state index < -0.39 is 17.3 Å². The number of carbonyl (C=O) groups is 2. The second-order valence-electron chi connectivity index (χ2n) is 5.75. The van der Waals surface area contributed by atoms with Crippen molar-refractivity contribution in [2.45, 2.75) is 20.3 Å². The molecule has 0 aromatic heterocycles. The Bertz CT molecular complexity index is 849. The van der Waals surface area contributed by atoms with Crippen LogP contribution in [-0.4, -0.2) is 23.2 Å². The Morgan fingerprint density at radius 1 is 1.12 bits per heavy atom. The molecule has 0 radical (unpaired) electrons. The maximum Gasteiger partial charge on any atom is 0.265 e. The first kappa shape index (κ1) is 18.6. The van der Waals surface area contributed by atoms with Crippen LogP contribution in [0.3, 0.4) is 0 Å². The molecule has 130 valence electrons. The van der Waals surface area contributed by atoms with Gasteiger partial charge in [-0.1, -0.05) is 29.8 Å². The molecule has 0 saturated heterocycles. The van der Waals surface area contributed by atoms with Crippen molar-refractivity contribution in [2.24, 2.45) is 0 Å². The van der Waals surface area contributed by atoms with E-state index in [-0.39, 0.29) is 22.9 Å². The molecule has 1 N–H and O–H groups in total. The van der Waals surface area contributed by atoms with Crippen LogP contribution in [0.2, 0.25) is 5.02 Å². The predicted molar refractivity (Wildman–Crippen MR) is 95.9 cm³/mol. The molecule has 2 aromatic carbocycles. The normalized spacial score (nSPS) is 10.4. The molecule has 25 heavy (non-hydrogen) atoms. The molecule has 0 heterocycles. The Morgan fingerprint density at radius 3 is 2.44 bits per heavy atom. The minimum Gasteiger partial charge on any atom is -0.326 e. The summed E-state index contributed by atoms with van der Waals surface area (Å²) in [6, 6.07) is 10.1. The number of Topliss-reactive ketones (excluding diaryl/α,β-unsaturated/α-hetero) is 1. The van der Waals surface area contributed by atoms with Crippen molar-refractivity contribution in [1.82, 2.24) is 0 Å². The number of carbonyl (C=O) groups excluding carboxylic acids is 2. The lowest BCUT2D eigenvalue weighted by atomic mass is 10.0. The Balaban J connectivity index is 2.05. The average molecular weight is 361 g/mol. The van der Waals surface area contributed by atoms with Crippen molar-refractivity contribution in [3.05, 3.63) is 73.8 Å². The van der Waals surface area contributed by atoms with Gasteiger partial charge in [-0.2, -0.15) is 0 Å². The van der Waals surface area contributed by atoms with Gasteiger partial charge < -0.3 is 5.32 Å². The van der Waals surface area contributed by atoms with Gasteiger partial charge in [0.1, 0.15) is 0 Å². The topological polar surface area (TPSA) is 89.3 Å². The van der Waals surface area contributed by atoms with Crippen molar-refractivity contribution in [2.75, 3.05) is 11.9 Å². The van der Waals surface area contributed by atoms with E-state index in [1.54, 1.807) is 0 Å². The van der Waals surface area contributed by atoms with E-state index in [2.05, 4.69) is 5.32 Å². The van der Waals surface area contributed by atoms with E-state index in [1.165, 1.54) is 18.2 Å². The smallest absolute Gasteiger partial charge is 0.265 e. The second kappa shape index (κ2) is 7.90. The number of hydrogen-bond donors (Lipinski definition) is 1. The molecule has 7 heteroatoms. The number of nitrogens with one attached hydrogen (secondary N) is 1. The van der Waals surface area contributed by atoms with Gasteiger partial charge in [-0.25, -0.2) is 0 Å². The van der Waals surface area contributed by atoms with Crippen LogP contribution >= 0.6 is 11.6 Å². The number of benzene rings is 2. The van der Waals surface area contributed by atoms with Crippen molar-refractivity contribution < 1.29 is 14.5 Å². The molecule has 0 saturated carbocycles. The standard InChI is InChI=1S/C18H17ClN2O4/c1-11-3-4-13(7-12(11)2)8-18(23)20-14-5-6-15(16(19)9-14)17(22)10-21(24)25/h3-7,9H,8,10H2,1-2H3,(H,20,23). The van der Waals surface area contributed by atoms with E-state index in [0.717, 1.165) is 16.7 Å². The Labute approximate surface area is 150 Å². The molecule has 2 aromatic rings. The van der Waals surface area contributed by atoms with Crippen LogP contribution in [0.15, 0.2) is 36.4 Å². The first-order valence-electron chi connectivity index (χ1n) is 7.57. The molecule has 0 aliphatic heterocycles. The van der Waals surface area contributed by atoms with Gasteiger partial charge in [0.05, 0.1) is 11.4 Å². The molecular weight excluding hydrogens is 344 g/mol. The first-order chi connectivity index (χ1) is 11.8. The first-order valence-corrected chi connectivity index (χ1v) is 7.94. The summed E-state index contributed by atoms with van der Waals surface area (Å²) >= 11 is 5.99. The largest absolute Gasteiger partial charge is 0.326 e. The average Bonchev–Trinajstić information content (AvgIpc) is 2.50. The van der Waals surface area contributed by atoms with Gasteiger partial charge in [0.15, 0.2) is 0 Å². The van der Waals surface area contributed by atoms with E-state index in [0.29, 0.717) is 5.69 Å². The number of nitro groups is 1. The van der Waals surface area contributed by atoms with Crippen LogP contribution in [0.4, 0.5) is 5.69 Å². The molecule has 1 amide bonds. The highest BCUT2D eigenvalue weighted by molar-refractivity contribution is 6.34. The van der Waals surface area contributed by atoms with Crippen LogP contribution in [0.1, 0.15) is 27.0 Å². The van der Waals surface area contributed by atoms with E-state index in [9.17, 15) is 19.7 Å². The number of anilines is 1. The minimum atomic E-state index is -0.821. The highest BCUT2D eigenvalue weighted by atomic mass is 35.5. The fourth-order valence-corrected chi connectivity index (χ4v) is 2.61. The lowest BCUT2D eigenvalue weighted by Gasteiger charge is -2.09. The highest BCUT2D eigenvalue weighted by Crippen LogP contribution is 2.22. The molecule has 0 aliphatic rings. The third-order valence-corrected chi connectivity index (χ3v) is 4.07. The summed E-state index contributed by atoms with van der Waals surface area (Å²) in [6.45, 7) is 3.17. The molecule has 0 aliphatic carbocycles. The summed E-state index contributed by atoms with van der Waals surface area (Å²) < 4.78 is 0. The minimum absolute atomic E-state index is 0.0607. The van der Waals surface area contributed by atoms with Gasteiger partial charge in [-0.05, 0) is 48.7 Å². The number of halogens is 1. The fraction of sp³-hybridized carbons (Fsp3) is 0.222. The highest BCUT2D eigenvalue weighted by Gasteiger charge is 2.16. The number of rotatable bonds is 6. The lowest BCUT2D eigenvalue weighted by Crippen LogP contribution is -2.16. The van der Waals surface area contributed by atoms with Crippen LogP contribution < -0.4 is 5.32 Å². The number of ketones is 1. The van der Waals surface area contributed by atoms with Crippen molar-refractivity contribution in [3.63, 3.8) is 0 Å². The van der Waals surface area contributed by atoms with Gasteiger partial charge in [0.2, 0.25) is 11.7 Å². The van der Waals surface area contributed by atoms with Crippen LogP contribution in [0.5, 0.6) is 0 Å². The van der Waals surface area contributed by atoms with Crippen molar-refractivity contribution in [3.8, 4) is 0 Å². The maximum absolute atomic E-state index is 12.1. The third kappa shape index (κ3) is 5.12. The molecule has 0 fully saturated rings. The fourth-order valence-electron chi connectivity index (χ4n) is 2.33. The monoisotopic (exact) mass is 360 g/mol. The van der Waals surface area contributed by atoms with Gasteiger partial charge in [-0.15, -0.1) is 0 Å². The Kier molecular flexibility index (Phi) is 5.88. The molecule has 2 rings (SSSR count). The Morgan fingerprint density at radius 2 is 1.84 bits per heavy atom. The summed E-state index contributed by atoms with van der Waals surface area (Å²) in [7, 11) is 0. The summed E-state index contributed by atoms with van der Waals surface area (Å²) in [5, 5.41) is 13.2. The van der Waals surface area contributed by atoms with E-state index in [1.807, 2.05) is 32.0 Å². The number of aryl methyl sites for hydroxylation is 2. The number of amides is 1. The van der Waals surface area contributed by atoms with Gasteiger partial charge in [0.25, 0.3) is 6.54 Å². The SMILES string of the molecule is Cc1ccc(CC(=O)Nc2ccc(C(=O)C[N+](=O)[O-])c(Cl)c2)cc1C. The molecular formula is C18H17ClN2O4. The zero-order chi connectivity index (χ0) is 18.6. The molecule has 0 spiro atoms. The predicted octanol–water partition coefficient (Wildman–Crippen LogP) is 3.60. The number of nitrogens with zero attached hydrogens (tertiary/aromatic N) is 1. The van der Waals surface area contributed by atoms with Gasteiger partial charge >= 0.3 is 0 Å². The van der Waals surface area contributed by atoms with Crippen molar-refractivity contribution >= 4 is 29.0 Å². The lowest BCUT2D eigenvalue weighted by molar-refractivity contribution is -0.465. The van der Waals surface area contributed by atoms with E-state index >= 15 is 0 Å². The number of hydrogen-bond acceptors (Lipinski definition) is 4. The van der Waals surface area contributed by atoms with Crippen LogP contribution in [0, 0.1) is 24.0 Å². The molecule has 0 unspecified atom stereocenters. The van der Waals surface area contributed by atoms with Gasteiger partial charge in [0, 0.05) is 16.2 Å². The third-order valence-electron chi connectivity index (χ3n) is 3.76. The van der Waals surface area contributed by atoms with E-state index in [4.69, 9.17) is 11.6 Å². The zero-order valence-corrected chi connectivity index (χ0v) is 14.6. The molecule has 0 atom stereocenters.